The van der Waals surface area contributed by atoms with Crippen molar-refractivity contribution in [2.75, 3.05) is 5.32 Å². The van der Waals surface area contributed by atoms with Crippen LogP contribution < -0.4 is 5.32 Å². The van der Waals surface area contributed by atoms with Crippen LogP contribution in [0.25, 0.3) is 16.9 Å². The molecule has 0 saturated heterocycles. The van der Waals surface area contributed by atoms with Crippen LogP contribution in [-0.2, 0) is 0 Å². The summed E-state index contributed by atoms with van der Waals surface area (Å²) in [4.78, 5) is 17.0. The van der Waals surface area contributed by atoms with Gasteiger partial charge in [-0.3, -0.25) is 9.78 Å². The van der Waals surface area contributed by atoms with E-state index in [2.05, 4.69) is 15.4 Å². The Morgan fingerprint density at radius 2 is 1.74 bits per heavy atom. The van der Waals surface area contributed by atoms with Gasteiger partial charge in [-0.1, -0.05) is 35.9 Å². The Bertz CT molecular complexity index is 1080. The maximum Gasteiger partial charge on any atom is 0.259 e. The summed E-state index contributed by atoms with van der Waals surface area (Å²) < 4.78 is 1.70. The fourth-order valence-electron chi connectivity index (χ4n) is 2.74. The molecule has 0 radical (unpaired) electrons. The lowest BCUT2D eigenvalue weighted by atomic mass is 10.1. The molecule has 0 aliphatic carbocycles. The van der Waals surface area contributed by atoms with Gasteiger partial charge in [0.1, 0.15) is 5.69 Å². The lowest BCUT2D eigenvalue weighted by molar-refractivity contribution is 0.102. The number of hydrogen-bond acceptors (Lipinski definition) is 3. The molecule has 2 aromatic heterocycles. The van der Waals surface area contributed by atoms with Gasteiger partial charge in [0.2, 0.25) is 0 Å². The zero-order chi connectivity index (χ0) is 18.6. The zero-order valence-electron chi connectivity index (χ0n) is 14.2. The lowest BCUT2D eigenvalue weighted by Gasteiger charge is -2.05. The van der Waals surface area contributed by atoms with Crippen molar-refractivity contribution in [1.82, 2.24) is 14.8 Å². The first-order valence-corrected chi connectivity index (χ1v) is 8.71. The van der Waals surface area contributed by atoms with Gasteiger partial charge in [0.05, 0.1) is 11.3 Å². The van der Waals surface area contributed by atoms with Crippen LogP contribution in [0.1, 0.15) is 10.4 Å². The van der Waals surface area contributed by atoms with Crippen LogP contribution in [0.4, 0.5) is 5.69 Å². The fraction of sp³-hybridized carbons (Fsp3) is 0. The van der Waals surface area contributed by atoms with Gasteiger partial charge in [-0.15, -0.1) is 0 Å². The van der Waals surface area contributed by atoms with Crippen molar-refractivity contribution in [2.24, 2.45) is 0 Å². The van der Waals surface area contributed by atoms with Crippen LogP contribution in [0, 0.1) is 0 Å². The topological polar surface area (TPSA) is 59.8 Å². The lowest BCUT2D eigenvalue weighted by Crippen LogP contribution is -2.12. The average Bonchev–Trinajstić information content (AvgIpc) is 3.15. The normalized spacial score (nSPS) is 10.6. The number of carbonyl (C=O) groups excluding carboxylic acids is 1. The summed E-state index contributed by atoms with van der Waals surface area (Å²) >= 11 is 6.01. The number of nitrogens with zero attached hydrogens (tertiary/aromatic N) is 3. The van der Waals surface area contributed by atoms with Crippen LogP contribution in [-0.4, -0.2) is 20.7 Å². The molecule has 0 bridgehead atoms. The number of amides is 1. The first-order valence-electron chi connectivity index (χ1n) is 8.33. The van der Waals surface area contributed by atoms with E-state index in [1.54, 1.807) is 47.5 Å². The van der Waals surface area contributed by atoms with Crippen molar-refractivity contribution >= 4 is 23.2 Å². The summed E-state index contributed by atoms with van der Waals surface area (Å²) in [7, 11) is 0. The van der Waals surface area contributed by atoms with E-state index < -0.39 is 0 Å². The van der Waals surface area contributed by atoms with Crippen molar-refractivity contribution in [2.45, 2.75) is 0 Å². The minimum Gasteiger partial charge on any atom is -0.322 e. The van der Waals surface area contributed by atoms with E-state index >= 15 is 0 Å². The molecule has 5 nitrogen and oxygen atoms in total. The first kappa shape index (κ1) is 17.0. The Labute approximate surface area is 161 Å². The average molecular weight is 375 g/mol. The number of pyridine rings is 1. The highest BCUT2D eigenvalue weighted by molar-refractivity contribution is 6.31. The van der Waals surface area contributed by atoms with Crippen LogP contribution >= 0.6 is 11.6 Å². The third kappa shape index (κ3) is 3.73. The number of hydrogen-bond donors (Lipinski definition) is 1. The van der Waals surface area contributed by atoms with E-state index in [4.69, 9.17) is 11.6 Å². The van der Waals surface area contributed by atoms with Gasteiger partial charge in [-0.2, -0.15) is 5.10 Å². The van der Waals surface area contributed by atoms with Crippen molar-refractivity contribution in [3.63, 3.8) is 0 Å². The van der Waals surface area contributed by atoms with Crippen molar-refractivity contribution in [3.05, 3.63) is 95.9 Å². The SMILES string of the molecule is O=C(Nc1cccc(Cl)c1)c1cn(-c2ccccc2)nc1-c1ccncc1. The molecule has 0 atom stereocenters. The van der Waals surface area contributed by atoms with Crippen molar-refractivity contribution in [3.8, 4) is 16.9 Å². The Morgan fingerprint density at radius 1 is 0.963 bits per heavy atom. The van der Waals surface area contributed by atoms with E-state index in [0.29, 0.717) is 22.0 Å². The third-order valence-electron chi connectivity index (χ3n) is 4.02. The van der Waals surface area contributed by atoms with Gasteiger partial charge in [0, 0.05) is 34.9 Å². The van der Waals surface area contributed by atoms with Gasteiger partial charge >= 0.3 is 0 Å². The number of anilines is 1. The molecule has 4 rings (SSSR count). The summed E-state index contributed by atoms with van der Waals surface area (Å²) in [5, 5.41) is 8.07. The predicted octanol–water partition coefficient (Wildman–Crippen LogP) is 4.84. The molecule has 4 aromatic rings. The molecule has 1 amide bonds. The maximum atomic E-state index is 12.9. The van der Waals surface area contributed by atoms with Gasteiger partial charge in [0.25, 0.3) is 5.91 Å². The molecule has 0 fully saturated rings. The smallest absolute Gasteiger partial charge is 0.259 e. The van der Waals surface area contributed by atoms with Gasteiger partial charge in [0.15, 0.2) is 0 Å². The maximum absolute atomic E-state index is 12.9. The number of benzene rings is 2. The predicted molar refractivity (Wildman–Crippen MR) is 106 cm³/mol. The standard InChI is InChI=1S/C21H15ClN4O/c22-16-5-4-6-17(13-16)24-21(27)19-14-26(18-7-2-1-3-8-18)25-20(19)15-9-11-23-12-10-15/h1-14H,(H,24,27). The Kier molecular flexibility index (Phi) is 4.68. The van der Waals surface area contributed by atoms with Crippen LogP contribution in [0.2, 0.25) is 5.02 Å². The molecule has 132 valence electrons. The molecule has 0 saturated carbocycles. The summed E-state index contributed by atoms with van der Waals surface area (Å²) in [5.41, 5.74) is 3.36. The summed E-state index contributed by atoms with van der Waals surface area (Å²) in [6.07, 6.45) is 5.08. The third-order valence-corrected chi connectivity index (χ3v) is 4.25. The molecule has 0 unspecified atom stereocenters. The monoisotopic (exact) mass is 374 g/mol. The Hall–Kier alpha value is -3.44. The molecule has 0 aliphatic rings. The molecular weight excluding hydrogens is 360 g/mol. The second-order valence-corrected chi connectivity index (χ2v) is 6.31. The summed E-state index contributed by atoms with van der Waals surface area (Å²) in [5.74, 6) is -0.258. The molecule has 0 aliphatic heterocycles. The Morgan fingerprint density at radius 3 is 2.48 bits per heavy atom. The summed E-state index contributed by atoms with van der Waals surface area (Å²) in [6.45, 7) is 0. The second kappa shape index (κ2) is 7.43. The van der Waals surface area contributed by atoms with Crippen molar-refractivity contribution < 1.29 is 4.79 Å². The minimum absolute atomic E-state index is 0.258. The van der Waals surface area contributed by atoms with E-state index in [1.165, 1.54) is 0 Å². The molecule has 1 N–H and O–H groups in total. The minimum atomic E-state index is -0.258. The molecule has 2 heterocycles. The molecule has 2 aromatic carbocycles. The van der Waals surface area contributed by atoms with Crippen molar-refractivity contribution in [1.29, 1.82) is 0 Å². The van der Waals surface area contributed by atoms with E-state index in [0.717, 1.165) is 11.3 Å². The van der Waals surface area contributed by atoms with E-state index in [1.807, 2.05) is 42.5 Å². The highest BCUT2D eigenvalue weighted by Crippen LogP contribution is 2.25. The highest BCUT2D eigenvalue weighted by atomic mass is 35.5. The number of nitrogens with one attached hydrogen (secondary N) is 1. The number of halogens is 1. The first-order chi connectivity index (χ1) is 13.2. The Balaban J connectivity index is 1.76. The molecular formula is C21H15ClN4O. The molecule has 0 spiro atoms. The van der Waals surface area contributed by atoms with Gasteiger partial charge < -0.3 is 5.32 Å². The van der Waals surface area contributed by atoms with Crippen LogP contribution in [0.15, 0.2) is 85.3 Å². The van der Waals surface area contributed by atoms with Crippen LogP contribution in [0.3, 0.4) is 0 Å². The molecule has 27 heavy (non-hydrogen) atoms. The van der Waals surface area contributed by atoms with E-state index in [9.17, 15) is 4.79 Å². The van der Waals surface area contributed by atoms with Gasteiger partial charge in [-0.25, -0.2) is 4.68 Å². The highest BCUT2D eigenvalue weighted by Gasteiger charge is 2.19. The van der Waals surface area contributed by atoms with Crippen LogP contribution in [0.5, 0.6) is 0 Å². The number of aromatic nitrogens is 3. The zero-order valence-corrected chi connectivity index (χ0v) is 15.0. The fourth-order valence-corrected chi connectivity index (χ4v) is 2.93. The second-order valence-electron chi connectivity index (χ2n) is 5.87. The quantitative estimate of drug-likeness (QED) is 0.556. The van der Waals surface area contributed by atoms with Gasteiger partial charge in [-0.05, 0) is 42.5 Å². The number of carbonyl (C=O) groups is 1. The van der Waals surface area contributed by atoms with E-state index in [-0.39, 0.29) is 5.91 Å². The number of para-hydroxylation sites is 1. The largest absolute Gasteiger partial charge is 0.322 e. The molecule has 6 heteroatoms. The summed E-state index contributed by atoms with van der Waals surface area (Å²) in [6, 6.07) is 20.3. The number of rotatable bonds is 4.